The van der Waals surface area contributed by atoms with Crippen LogP contribution in [0.2, 0.25) is 0 Å². The van der Waals surface area contributed by atoms with Gasteiger partial charge >= 0.3 is 5.97 Å². The predicted molar refractivity (Wildman–Crippen MR) is 101 cm³/mol. The Morgan fingerprint density at radius 3 is 2.52 bits per heavy atom. The molecule has 0 aliphatic rings. The maximum atomic E-state index is 12.3. The van der Waals surface area contributed by atoms with Gasteiger partial charge in [0.2, 0.25) is 0 Å². The van der Waals surface area contributed by atoms with Crippen LogP contribution in [0.4, 0.5) is 0 Å². The van der Waals surface area contributed by atoms with E-state index < -0.39 is 0 Å². The Balaban J connectivity index is 2.39. The summed E-state index contributed by atoms with van der Waals surface area (Å²) in [4.78, 5) is 12.3. The first-order valence-electron chi connectivity index (χ1n) is 7.90. The summed E-state index contributed by atoms with van der Waals surface area (Å²) in [5.74, 6) is 0.420. The summed E-state index contributed by atoms with van der Waals surface area (Å²) in [7, 11) is 0. The fourth-order valence-corrected chi connectivity index (χ4v) is 3.03. The van der Waals surface area contributed by atoms with Crippen LogP contribution in [-0.4, -0.2) is 23.1 Å². The molecule has 0 amide bonds. The van der Waals surface area contributed by atoms with Crippen LogP contribution in [0, 0.1) is 0 Å². The molecular formula is C20H24O2S. The highest BCUT2D eigenvalue weighted by atomic mass is 32.2. The van der Waals surface area contributed by atoms with Crippen molar-refractivity contribution in [1.29, 1.82) is 0 Å². The minimum Gasteiger partial charge on any atom is -0.463 e. The minimum absolute atomic E-state index is 0.102. The molecule has 2 aromatic rings. The lowest BCUT2D eigenvalue weighted by Crippen LogP contribution is -2.14. The molecule has 0 spiro atoms. The van der Waals surface area contributed by atoms with Gasteiger partial charge < -0.3 is 4.74 Å². The molecule has 0 radical (unpaired) electrons. The third-order valence-corrected chi connectivity index (χ3v) is 4.67. The number of esters is 1. The van der Waals surface area contributed by atoms with Gasteiger partial charge in [0.05, 0.1) is 6.61 Å². The SMILES string of the molecule is CCOC(=O)/C(=C\c1cccc2ccccc12)CSC(C)(C)C. The van der Waals surface area contributed by atoms with E-state index >= 15 is 0 Å². The number of hydrogen-bond acceptors (Lipinski definition) is 3. The van der Waals surface area contributed by atoms with Crippen LogP contribution in [-0.2, 0) is 9.53 Å². The van der Waals surface area contributed by atoms with E-state index in [0.29, 0.717) is 17.9 Å². The summed E-state index contributed by atoms with van der Waals surface area (Å²) in [5.41, 5.74) is 1.77. The number of benzene rings is 2. The molecule has 2 aromatic carbocycles. The number of hydrogen-bond donors (Lipinski definition) is 0. The molecule has 122 valence electrons. The quantitative estimate of drug-likeness (QED) is 0.549. The standard InChI is InChI=1S/C20H24O2S/c1-5-22-19(21)17(14-23-20(2,3)4)13-16-11-8-10-15-9-6-7-12-18(15)16/h6-13H,5,14H2,1-4H3/b17-13-. The molecule has 0 fully saturated rings. The monoisotopic (exact) mass is 328 g/mol. The molecule has 0 aliphatic carbocycles. The van der Waals surface area contributed by atoms with Crippen molar-refractivity contribution in [3.63, 3.8) is 0 Å². The Hall–Kier alpha value is -1.74. The maximum Gasteiger partial charge on any atom is 0.334 e. The minimum atomic E-state index is -0.225. The van der Waals surface area contributed by atoms with Gasteiger partial charge in [0.25, 0.3) is 0 Å². The summed E-state index contributed by atoms with van der Waals surface area (Å²) in [5, 5.41) is 2.32. The van der Waals surface area contributed by atoms with E-state index in [9.17, 15) is 4.79 Å². The van der Waals surface area contributed by atoms with E-state index in [1.54, 1.807) is 11.8 Å². The predicted octanol–water partition coefficient (Wildman–Crippen LogP) is 5.32. The zero-order chi connectivity index (χ0) is 16.9. The second-order valence-electron chi connectivity index (χ2n) is 6.36. The van der Waals surface area contributed by atoms with Gasteiger partial charge in [-0.1, -0.05) is 63.2 Å². The number of ether oxygens (including phenoxy) is 1. The fourth-order valence-electron chi connectivity index (χ4n) is 2.24. The first-order valence-corrected chi connectivity index (χ1v) is 8.88. The van der Waals surface area contributed by atoms with E-state index in [4.69, 9.17) is 4.74 Å². The van der Waals surface area contributed by atoms with Gasteiger partial charge in [-0.25, -0.2) is 4.79 Å². The van der Waals surface area contributed by atoms with Gasteiger partial charge in [0.15, 0.2) is 0 Å². The maximum absolute atomic E-state index is 12.3. The Morgan fingerprint density at radius 2 is 1.83 bits per heavy atom. The van der Waals surface area contributed by atoms with Crippen LogP contribution in [0.3, 0.4) is 0 Å². The summed E-state index contributed by atoms with van der Waals surface area (Å²) in [6, 6.07) is 14.4. The molecule has 0 atom stereocenters. The van der Waals surface area contributed by atoms with Gasteiger partial charge in [-0.2, -0.15) is 11.8 Å². The van der Waals surface area contributed by atoms with E-state index in [2.05, 4.69) is 39.0 Å². The van der Waals surface area contributed by atoms with E-state index in [1.165, 1.54) is 5.39 Å². The summed E-state index contributed by atoms with van der Waals surface area (Å²) in [6.07, 6.45) is 1.97. The summed E-state index contributed by atoms with van der Waals surface area (Å²) >= 11 is 1.75. The first-order chi connectivity index (χ1) is 10.9. The first kappa shape index (κ1) is 17.6. The lowest BCUT2D eigenvalue weighted by atomic mass is 10.0. The largest absolute Gasteiger partial charge is 0.463 e. The Bertz CT molecular complexity index is 706. The second kappa shape index (κ2) is 7.69. The average molecular weight is 328 g/mol. The van der Waals surface area contributed by atoms with Gasteiger partial charge in [0.1, 0.15) is 0 Å². The van der Waals surface area contributed by atoms with Crippen molar-refractivity contribution in [3.05, 3.63) is 53.6 Å². The summed E-state index contributed by atoms with van der Waals surface area (Å²) in [6.45, 7) is 8.69. The van der Waals surface area contributed by atoms with Gasteiger partial charge in [-0.05, 0) is 29.3 Å². The molecule has 0 heterocycles. The average Bonchev–Trinajstić information content (AvgIpc) is 2.51. The number of carbonyl (C=O) groups excluding carboxylic acids is 1. The van der Waals surface area contributed by atoms with Crippen LogP contribution < -0.4 is 0 Å². The molecule has 3 heteroatoms. The lowest BCUT2D eigenvalue weighted by Gasteiger charge is -2.18. The van der Waals surface area contributed by atoms with Crippen molar-refractivity contribution in [2.24, 2.45) is 0 Å². The van der Waals surface area contributed by atoms with Crippen molar-refractivity contribution >= 4 is 34.6 Å². The highest BCUT2D eigenvalue weighted by Gasteiger charge is 2.17. The second-order valence-corrected chi connectivity index (χ2v) is 8.16. The molecule has 0 bridgehead atoms. The molecule has 23 heavy (non-hydrogen) atoms. The van der Waals surface area contributed by atoms with Gasteiger partial charge in [-0.15, -0.1) is 0 Å². The molecular weight excluding hydrogens is 304 g/mol. The molecule has 2 rings (SSSR count). The lowest BCUT2D eigenvalue weighted by molar-refractivity contribution is -0.138. The number of thioether (sulfide) groups is 1. The van der Waals surface area contributed by atoms with Crippen LogP contribution in [0.5, 0.6) is 0 Å². The third-order valence-electron chi connectivity index (χ3n) is 3.35. The number of rotatable bonds is 5. The van der Waals surface area contributed by atoms with E-state index in [1.807, 2.05) is 37.3 Å². The number of carbonyl (C=O) groups is 1. The van der Waals surface area contributed by atoms with Crippen molar-refractivity contribution in [2.45, 2.75) is 32.4 Å². The molecule has 0 aliphatic heterocycles. The Labute approximate surface area is 142 Å². The molecule has 0 N–H and O–H groups in total. The molecule has 0 saturated carbocycles. The molecule has 0 unspecified atom stereocenters. The Morgan fingerprint density at radius 1 is 1.13 bits per heavy atom. The van der Waals surface area contributed by atoms with Crippen LogP contribution in [0.1, 0.15) is 33.3 Å². The highest BCUT2D eigenvalue weighted by molar-refractivity contribution is 8.00. The smallest absolute Gasteiger partial charge is 0.334 e. The molecule has 2 nitrogen and oxygen atoms in total. The topological polar surface area (TPSA) is 26.3 Å². The molecule has 0 saturated heterocycles. The van der Waals surface area contributed by atoms with Crippen LogP contribution in [0.25, 0.3) is 16.8 Å². The Kier molecular flexibility index (Phi) is 5.89. The van der Waals surface area contributed by atoms with Gasteiger partial charge in [-0.3, -0.25) is 0 Å². The summed E-state index contributed by atoms with van der Waals surface area (Å²) < 4.78 is 5.33. The van der Waals surface area contributed by atoms with Crippen LogP contribution >= 0.6 is 11.8 Å². The number of fused-ring (bicyclic) bond motifs is 1. The van der Waals surface area contributed by atoms with Crippen molar-refractivity contribution in [1.82, 2.24) is 0 Å². The van der Waals surface area contributed by atoms with Gasteiger partial charge in [0, 0.05) is 16.1 Å². The zero-order valence-electron chi connectivity index (χ0n) is 14.3. The van der Waals surface area contributed by atoms with Crippen molar-refractivity contribution in [2.75, 3.05) is 12.4 Å². The highest BCUT2D eigenvalue weighted by Crippen LogP contribution is 2.28. The fraction of sp³-hybridized carbons (Fsp3) is 0.350. The normalized spacial score (nSPS) is 12.4. The van der Waals surface area contributed by atoms with Crippen molar-refractivity contribution in [3.8, 4) is 0 Å². The van der Waals surface area contributed by atoms with E-state index in [-0.39, 0.29) is 10.7 Å². The zero-order valence-corrected chi connectivity index (χ0v) is 15.1. The molecule has 0 aromatic heterocycles. The van der Waals surface area contributed by atoms with E-state index in [0.717, 1.165) is 10.9 Å². The van der Waals surface area contributed by atoms with Crippen molar-refractivity contribution < 1.29 is 9.53 Å². The van der Waals surface area contributed by atoms with Crippen LogP contribution in [0.15, 0.2) is 48.0 Å². The third kappa shape index (κ3) is 5.14.